The van der Waals surface area contributed by atoms with Crippen LogP contribution >= 0.6 is 0 Å². The molecule has 1 aliphatic heterocycles. The van der Waals surface area contributed by atoms with Gasteiger partial charge >= 0.3 is 5.69 Å². The van der Waals surface area contributed by atoms with E-state index in [2.05, 4.69) is 0 Å². The molecular weight excluding hydrogens is 441 g/mol. The molecule has 1 saturated carbocycles. The van der Waals surface area contributed by atoms with Gasteiger partial charge in [-0.2, -0.15) is 4.68 Å². The Morgan fingerprint density at radius 2 is 1.91 bits per heavy atom. The highest BCUT2D eigenvalue weighted by Crippen LogP contribution is 2.43. The van der Waals surface area contributed by atoms with Crippen molar-refractivity contribution in [2.45, 2.75) is 31.3 Å². The number of nitrogens with two attached hydrogens (primary N) is 2. The number of nitrogen functional groups attached to an aromatic ring is 1. The lowest BCUT2D eigenvalue weighted by molar-refractivity contribution is 0.253. The molecule has 5 rings (SSSR count). The number of benzene rings is 2. The average molecular weight is 470 g/mol. The topological polar surface area (TPSA) is 118 Å². The van der Waals surface area contributed by atoms with E-state index in [-0.39, 0.29) is 34.8 Å². The maximum atomic E-state index is 15.4. The van der Waals surface area contributed by atoms with Crippen molar-refractivity contribution in [3.05, 3.63) is 63.1 Å². The molecule has 2 heterocycles. The summed E-state index contributed by atoms with van der Waals surface area (Å²) in [6.45, 7) is 1.40. The van der Waals surface area contributed by atoms with E-state index in [1.807, 2.05) is 35.2 Å². The van der Waals surface area contributed by atoms with Gasteiger partial charge in [0.15, 0.2) is 11.6 Å². The zero-order valence-corrected chi connectivity index (χ0v) is 18.9. The number of methoxy groups -OCH3 is 1. The highest BCUT2D eigenvalue weighted by atomic mass is 19.1. The van der Waals surface area contributed by atoms with Crippen molar-refractivity contribution in [1.29, 1.82) is 0 Å². The highest BCUT2D eigenvalue weighted by molar-refractivity contribution is 5.91. The minimum atomic E-state index is -0.750. The van der Waals surface area contributed by atoms with Crippen molar-refractivity contribution in [2.75, 3.05) is 37.5 Å². The summed E-state index contributed by atoms with van der Waals surface area (Å²) < 4.78 is 28.9. The van der Waals surface area contributed by atoms with Gasteiger partial charge in [0, 0.05) is 25.2 Å². The summed E-state index contributed by atoms with van der Waals surface area (Å²) in [6.07, 6.45) is 2.32. The first-order valence-electron chi connectivity index (χ1n) is 11.4. The molecule has 0 amide bonds. The second-order valence-corrected chi connectivity index (χ2v) is 8.98. The van der Waals surface area contributed by atoms with Crippen LogP contribution in [0, 0.1) is 11.7 Å². The fourth-order valence-electron chi connectivity index (χ4n) is 4.78. The molecule has 0 unspecified atom stereocenters. The van der Waals surface area contributed by atoms with Crippen LogP contribution in [0.1, 0.15) is 25.3 Å². The fraction of sp³-hybridized carbons (Fsp3) is 0.417. The minimum absolute atomic E-state index is 0.0239. The molecule has 3 aromatic rings. The Morgan fingerprint density at radius 3 is 2.59 bits per heavy atom. The summed E-state index contributed by atoms with van der Waals surface area (Å²) in [7, 11) is 1.42. The summed E-state index contributed by atoms with van der Waals surface area (Å²) in [4.78, 5) is 27.4. The van der Waals surface area contributed by atoms with E-state index < -0.39 is 17.1 Å². The van der Waals surface area contributed by atoms with Crippen LogP contribution in [0.15, 0.2) is 46.0 Å². The van der Waals surface area contributed by atoms with Gasteiger partial charge in [-0.1, -0.05) is 18.2 Å². The van der Waals surface area contributed by atoms with Gasteiger partial charge in [0.05, 0.1) is 12.5 Å². The van der Waals surface area contributed by atoms with E-state index in [9.17, 15) is 9.59 Å². The van der Waals surface area contributed by atoms with E-state index in [4.69, 9.17) is 21.1 Å². The highest BCUT2D eigenvalue weighted by Gasteiger charge is 2.35. The second-order valence-electron chi connectivity index (χ2n) is 8.98. The van der Waals surface area contributed by atoms with Gasteiger partial charge in [-0.05, 0) is 43.4 Å². The van der Waals surface area contributed by atoms with E-state index in [0.717, 1.165) is 31.1 Å². The summed E-state index contributed by atoms with van der Waals surface area (Å²) in [5.74, 6) is 6.11. The summed E-state index contributed by atoms with van der Waals surface area (Å²) >= 11 is 0. The van der Waals surface area contributed by atoms with Crippen molar-refractivity contribution >= 4 is 16.6 Å². The summed E-state index contributed by atoms with van der Waals surface area (Å²) in [5.41, 5.74) is 5.56. The molecule has 0 spiro atoms. The summed E-state index contributed by atoms with van der Waals surface area (Å²) in [5, 5.41) is 0.0239. The first-order chi connectivity index (χ1) is 16.4. The predicted molar refractivity (Wildman–Crippen MR) is 128 cm³/mol. The molecule has 0 bridgehead atoms. The van der Waals surface area contributed by atoms with Crippen LogP contribution < -0.4 is 37.2 Å². The molecule has 9 nitrogen and oxygen atoms in total. The Hall–Kier alpha value is -3.53. The van der Waals surface area contributed by atoms with E-state index in [0.29, 0.717) is 29.9 Å². The lowest BCUT2D eigenvalue weighted by Crippen LogP contribution is -2.44. The van der Waals surface area contributed by atoms with Crippen LogP contribution in [0.5, 0.6) is 11.5 Å². The molecular formula is C24H28FN5O4. The second kappa shape index (κ2) is 8.68. The normalized spacial score (nSPS) is 18.9. The summed E-state index contributed by atoms with van der Waals surface area (Å²) in [6, 6.07) is 10.3. The van der Waals surface area contributed by atoms with Gasteiger partial charge in [0.1, 0.15) is 23.6 Å². The first kappa shape index (κ1) is 22.3. The van der Waals surface area contributed by atoms with E-state index in [1.165, 1.54) is 11.7 Å². The third-order valence-electron chi connectivity index (χ3n) is 6.73. The maximum Gasteiger partial charge on any atom is 0.350 e. The first-order valence-corrected chi connectivity index (χ1v) is 11.4. The van der Waals surface area contributed by atoms with Gasteiger partial charge in [-0.25, -0.2) is 9.18 Å². The van der Waals surface area contributed by atoms with Crippen LogP contribution in [0.25, 0.3) is 10.9 Å². The van der Waals surface area contributed by atoms with E-state index >= 15 is 4.39 Å². The number of hydrogen-bond acceptors (Lipinski definition) is 7. The molecule has 180 valence electrons. The third kappa shape index (κ3) is 3.77. The zero-order valence-electron chi connectivity index (χ0n) is 18.9. The fourth-order valence-corrected chi connectivity index (χ4v) is 4.78. The average Bonchev–Trinajstić information content (AvgIpc) is 3.57. The van der Waals surface area contributed by atoms with E-state index in [1.54, 1.807) is 0 Å². The van der Waals surface area contributed by atoms with Crippen LogP contribution in [0.2, 0.25) is 0 Å². The number of para-hydroxylation sites is 1. The van der Waals surface area contributed by atoms with Crippen molar-refractivity contribution in [3.8, 4) is 11.5 Å². The molecule has 1 aromatic heterocycles. The molecule has 1 aliphatic carbocycles. The molecule has 2 atom stereocenters. The Morgan fingerprint density at radius 1 is 1.18 bits per heavy atom. The molecule has 2 aromatic carbocycles. The van der Waals surface area contributed by atoms with Crippen LogP contribution in [-0.4, -0.2) is 42.1 Å². The van der Waals surface area contributed by atoms with Crippen LogP contribution in [-0.2, 0) is 0 Å². The van der Waals surface area contributed by atoms with Gasteiger partial charge < -0.3 is 25.9 Å². The van der Waals surface area contributed by atoms with Crippen molar-refractivity contribution in [2.24, 2.45) is 11.7 Å². The predicted octanol–water partition coefficient (Wildman–Crippen LogP) is 1.59. The zero-order chi connectivity index (χ0) is 24.0. The number of halogens is 1. The van der Waals surface area contributed by atoms with Crippen LogP contribution in [0.4, 0.5) is 10.1 Å². The standard InChI is InChI=1S/C24H28FN5O4/c1-33-22-20-17(23(31)30(27)24(32)29(20)15-7-8-15)11-18(25)21(22)28-10-9-14(12-28)19(26)13-34-16-5-3-2-4-6-16/h2-6,11,14-15,19H,7-10,12-13,26-27H2,1H3/t14-,19+/m1/s1. The van der Waals surface area contributed by atoms with Crippen molar-refractivity contribution in [3.63, 3.8) is 0 Å². The largest absolute Gasteiger partial charge is 0.492 e. The number of rotatable bonds is 7. The number of fused-ring (bicyclic) bond motifs is 1. The molecule has 34 heavy (non-hydrogen) atoms. The van der Waals surface area contributed by atoms with Gasteiger partial charge in [0.2, 0.25) is 0 Å². The van der Waals surface area contributed by atoms with Crippen LogP contribution in [0.3, 0.4) is 0 Å². The lowest BCUT2D eigenvalue weighted by Gasteiger charge is -2.25. The minimum Gasteiger partial charge on any atom is -0.492 e. The number of hydrogen-bond donors (Lipinski definition) is 2. The molecule has 10 heteroatoms. The third-order valence-corrected chi connectivity index (χ3v) is 6.73. The Labute approximate surface area is 195 Å². The monoisotopic (exact) mass is 469 g/mol. The van der Waals surface area contributed by atoms with Gasteiger partial charge in [0.25, 0.3) is 5.56 Å². The van der Waals surface area contributed by atoms with Gasteiger partial charge in [-0.15, -0.1) is 0 Å². The van der Waals surface area contributed by atoms with Gasteiger partial charge in [-0.3, -0.25) is 9.36 Å². The van der Waals surface area contributed by atoms with Crippen molar-refractivity contribution < 1.29 is 13.9 Å². The van der Waals surface area contributed by atoms with Crippen molar-refractivity contribution in [1.82, 2.24) is 9.24 Å². The molecule has 2 aliphatic rings. The smallest absolute Gasteiger partial charge is 0.350 e. The number of nitrogens with zero attached hydrogens (tertiary/aromatic N) is 3. The Balaban J connectivity index is 1.48. The SMILES string of the molecule is COc1c(N2CC[C@@H]([C@@H](N)COc3ccccc3)C2)c(F)cc2c(=O)n(N)c(=O)n(C3CC3)c12. The molecule has 2 fully saturated rings. The maximum absolute atomic E-state index is 15.4. The number of ether oxygens (including phenoxy) is 2. The molecule has 1 saturated heterocycles. The lowest BCUT2D eigenvalue weighted by atomic mass is 10.0. The number of aromatic nitrogens is 2. The quantitative estimate of drug-likeness (QED) is 0.505. The molecule has 0 radical (unpaired) electrons. The molecule has 4 N–H and O–H groups in total. The Kier molecular flexibility index (Phi) is 5.68. The number of anilines is 1. The Bertz CT molecular complexity index is 1340.